The Labute approximate surface area is 548 Å². The van der Waals surface area contributed by atoms with E-state index in [0.717, 1.165) is 89.9 Å². The Kier molecular flexibility index (Phi) is 63.8. The van der Waals surface area contributed by atoms with Gasteiger partial charge in [0.2, 0.25) is 5.91 Å². The predicted octanol–water partition coefficient (Wildman–Crippen LogP) is 21.2. The molecular weight excluding hydrogens is 1100 g/mol. The summed E-state index contributed by atoms with van der Waals surface area (Å²) in [7, 11) is 0. The van der Waals surface area contributed by atoms with Gasteiger partial charge in [0.25, 0.3) is 0 Å². The maximum Gasteiger partial charge on any atom is 0.220 e. The smallest absolute Gasteiger partial charge is 0.220 e. The van der Waals surface area contributed by atoms with Crippen LogP contribution in [0.5, 0.6) is 0 Å². The fourth-order valence-corrected chi connectivity index (χ4v) is 11.5. The molecule has 7 unspecified atom stereocenters. The highest BCUT2D eigenvalue weighted by Gasteiger charge is 2.44. The average molecular weight is 1250 g/mol. The quantitative estimate of drug-likeness (QED) is 0.0261. The number of ether oxygens (including phenoxy) is 2. The summed E-state index contributed by atoms with van der Waals surface area (Å²) in [6.45, 7) is 3.70. The van der Waals surface area contributed by atoms with E-state index in [4.69, 9.17) is 9.47 Å². The second kappa shape index (κ2) is 67.7. The van der Waals surface area contributed by atoms with Gasteiger partial charge in [-0.2, -0.15) is 0 Å². The normalized spacial score (nSPS) is 18.5. The van der Waals surface area contributed by atoms with Gasteiger partial charge in [0.1, 0.15) is 24.4 Å². The number of amides is 1. The number of nitrogens with one attached hydrogen (secondary N) is 1. The first-order valence-electron chi connectivity index (χ1n) is 37.6. The van der Waals surface area contributed by atoms with Gasteiger partial charge in [0.05, 0.1) is 25.4 Å². The van der Waals surface area contributed by atoms with Gasteiger partial charge in [-0.1, -0.05) is 354 Å². The molecule has 7 atom stereocenters. The molecular formula is C80H141NO8. The fraction of sp³-hybridized carbons (Fsp3) is 0.762. The highest BCUT2D eigenvalue weighted by Crippen LogP contribution is 2.23. The number of rotatable bonds is 65. The number of hydrogen-bond donors (Lipinski definition) is 6. The standard InChI is InChI=1S/C80H141NO8/c1-3-5-7-9-11-13-15-17-19-21-23-25-27-29-31-33-34-35-36-37-38-39-40-42-44-46-48-50-52-54-56-58-60-62-64-66-68-70-76(84)81-73(72-88-80-79(87)78(86)77(85)75(71-82)89-80)74(83)69-67-65-63-61-59-57-55-53-51-49-47-45-43-41-32-30-28-26-24-22-20-18-16-14-12-10-8-6-4-2/h5,7,11,13,17,19,23,25,29,31,34-35,37-38,40,42,67,69,73-75,77-80,82-83,85-87H,3-4,6,8-10,12,14-16,18,20-22,24,26-28,30,32-33,36,39,41,43-66,68,70-72H2,1-2H3,(H,81,84)/b7-5-,13-11-,19-17-,25-23-,31-29-,35-34-,38-37-,42-40-,69-67+. The second-order valence-electron chi connectivity index (χ2n) is 25.7. The van der Waals surface area contributed by atoms with E-state index in [2.05, 4.69) is 116 Å². The molecule has 0 aromatic carbocycles. The van der Waals surface area contributed by atoms with Gasteiger partial charge in [0, 0.05) is 6.42 Å². The lowest BCUT2D eigenvalue weighted by Gasteiger charge is -2.40. The Morgan fingerprint density at radius 1 is 0.393 bits per heavy atom. The highest BCUT2D eigenvalue weighted by atomic mass is 16.7. The third-order valence-electron chi connectivity index (χ3n) is 17.4. The van der Waals surface area contributed by atoms with Crippen LogP contribution in [-0.4, -0.2) is 87.5 Å². The molecule has 1 saturated heterocycles. The van der Waals surface area contributed by atoms with Crippen LogP contribution in [0.15, 0.2) is 109 Å². The van der Waals surface area contributed by atoms with Crippen LogP contribution in [0.2, 0.25) is 0 Å². The highest BCUT2D eigenvalue weighted by molar-refractivity contribution is 5.76. The van der Waals surface area contributed by atoms with E-state index in [0.29, 0.717) is 6.42 Å². The van der Waals surface area contributed by atoms with E-state index in [-0.39, 0.29) is 12.5 Å². The van der Waals surface area contributed by atoms with Crippen LogP contribution in [0.25, 0.3) is 0 Å². The molecule has 1 heterocycles. The third kappa shape index (κ3) is 56.1. The van der Waals surface area contributed by atoms with Crippen LogP contribution in [0.3, 0.4) is 0 Å². The lowest BCUT2D eigenvalue weighted by Crippen LogP contribution is -2.60. The van der Waals surface area contributed by atoms with Crippen molar-refractivity contribution in [2.75, 3.05) is 13.2 Å². The first-order chi connectivity index (χ1) is 43.8. The van der Waals surface area contributed by atoms with E-state index in [9.17, 15) is 30.3 Å². The lowest BCUT2D eigenvalue weighted by atomic mass is 9.99. The molecule has 1 aliphatic rings. The van der Waals surface area contributed by atoms with Crippen molar-refractivity contribution in [2.45, 2.75) is 378 Å². The monoisotopic (exact) mass is 1240 g/mol. The van der Waals surface area contributed by atoms with Crippen molar-refractivity contribution in [1.29, 1.82) is 0 Å². The number of aliphatic hydroxyl groups excluding tert-OH is 5. The zero-order valence-corrected chi connectivity index (χ0v) is 57.7. The molecule has 0 aromatic rings. The lowest BCUT2D eigenvalue weighted by molar-refractivity contribution is -0.302. The van der Waals surface area contributed by atoms with Crippen molar-refractivity contribution in [1.82, 2.24) is 5.32 Å². The zero-order valence-electron chi connectivity index (χ0n) is 57.7. The van der Waals surface area contributed by atoms with E-state index in [1.807, 2.05) is 6.08 Å². The molecule has 1 rings (SSSR count). The molecule has 89 heavy (non-hydrogen) atoms. The first kappa shape index (κ1) is 83.9. The number of carbonyl (C=O) groups is 1. The Morgan fingerprint density at radius 3 is 1.03 bits per heavy atom. The summed E-state index contributed by atoms with van der Waals surface area (Å²) in [5, 5.41) is 54.9. The van der Waals surface area contributed by atoms with E-state index in [1.54, 1.807) is 6.08 Å². The van der Waals surface area contributed by atoms with Gasteiger partial charge in [-0.25, -0.2) is 0 Å². The predicted molar refractivity (Wildman–Crippen MR) is 382 cm³/mol. The average Bonchev–Trinajstić information content (AvgIpc) is 2.28. The summed E-state index contributed by atoms with van der Waals surface area (Å²) < 4.78 is 11.3. The summed E-state index contributed by atoms with van der Waals surface area (Å²) in [6, 6.07) is -0.814. The number of carbonyl (C=O) groups excluding carboxylic acids is 1. The van der Waals surface area contributed by atoms with Crippen LogP contribution >= 0.6 is 0 Å². The number of aliphatic hydroxyl groups is 5. The molecule has 0 saturated carbocycles. The summed E-state index contributed by atoms with van der Waals surface area (Å²) in [6.07, 6.45) is 93.4. The maximum absolute atomic E-state index is 13.2. The van der Waals surface area contributed by atoms with Gasteiger partial charge >= 0.3 is 0 Å². The summed E-state index contributed by atoms with van der Waals surface area (Å²) in [5.74, 6) is -0.179. The van der Waals surface area contributed by atoms with Gasteiger partial charge in [-0.15, -0.1) is 0 Å². The van der Waals surface area contributed by atoms with Crippen LogP contribution in [-0.2, 0) is 14.3 Å². The third-order valence-corrected chi connectivity index (χ3v) is 17.4. The Bertz CT molecular complexity index is 1780. The van der Waals surface area contributed by atoms with E-state index >= 15 is 0 Å². The van der Waals surface area contributed by atoms with Crippen molar-refractivity contribution in [2.24, 2.45) is 0 Å². The summed E-state index contributed by atoms with van der Waals surface area (Å²) in [4.78, 5) is 13.2. The number of allylic oxidation sites excluding steroid dienone is 17. The Morgan fingerprint density at radius 2 is 0.697 bits per heavy atom. The Hall–Kier alpha value is -3.15. The molecule has 0 spiro atoms. The van der Waals surface area contributed by atoms with E-state index in [1.165, 1.54) is 225 Å². The largest absolute Gasteiger partial charge is 0.394 e. The summed E-state index contributed by atoms with van der Waals surface area (Å²) in [5.41, 5.74) is 0. The van der Waals surface area contributed by atoms with Crippen LogP contribution < -0.4 is 5.32 Å². The molecule has 0 bridgehead atoms. The molecule has 0 radical (unpaired) electrons. The molecule has 9 heteroatoms. The molecule has 0 aliphatic carbocycles. The van der Waals surface area contributed by atoms with Crippen LogP contribution in [0.1, 0.15) is 335 Å². The van der Waals surface area contributed by atoms with E-state index < -0.39 is 49.5 Å². The van der Waals surface area contributed by atoms with Gasteiger partial charge in [-0.05, 0) is 83.5 Å². The molecule has 1 aliphatic heterocycles. The molecule has 1 amide bonds. The molecule has 0 aromatic heterocycles. The maximum atomic E-state index is 13.2. The minimum Gasteiger partial charge on any atom is -0.394 e. The van der Waals surface area contributed by atoms with Crippen molar-refractivity contribution < 1.29 is 39.8 Å². The minimum absolute atomic E-state index is 0.179. The van der Waals surface area contributed by atoms with Crippen molar-refractivity contribution >= 4 is 5.91 Å². The van der Waals surface area contributed by atoms with Crippen molar-refractivity contribution in [3.05, 3.63) is 109 Å². The van der Waals surface area contributed by atoms with Gasteiger partial charge in [0.15, 0.2) is 6.29 Å². The van der Waals surface area contributed by atoms with Gasteiger partial charge < -0.3 is 40.3 Å². The van der Waals surface area contributed by atoms with Crippen molar-refractivity contribution in [3.8, 4) is 0 Å². The summed E-state index contributed by atoms with van der Waals surface area (Å²) >= 11 is 0. The first-order valence-corrected chi connectivity index (χ1v) is 37.6. The fourth-order valence-electron chi connectivity index (χ4n) is 11.5. The zero-order chi connectivity index (χ0) is 64.2. The molecule has 6 N–H and O–H groups in total. The SMILES string of the molecule is CC/C=C\C/C=C\C/C=C\C/C=C\C/C=C\C/C=C\C/C=C\C/C=C\CCCCCCCCCCCCCCC(=O)NC(COC1OC(CO)C(O)C(O)C1O)C(O)/C=C/CCCCCCCCCCCCCCCCCCCCCCCCCCCCC. The molecule has 514 valence electrons. The number of unbranched alkanes of at least 4 members (excludes halogenated alkanes) is 39. The van der Waals surface area contributed by atoms with Crippen LogP contribution in [0.4, 0.5) is 0 Å². The second-order valence-corrected chi connectivity index (χ2v) is 25.7. The van der Waals surface area contributed by atoms with Gasteiger partial charge in [-0.3, -0.25) is 4.79 Å². The molecule has 9 nitrogen and oxygen atoms in total. The van der Waals surface area contributed by atoms with Crippen molar-refractivity contribution in [3.63, 3.8) is 0 Å². The minimum atomic E-state index is -1.57. The van der Waals surface area contributed by atoms with Crippen LogP contribution in [0, 0.1) is 0 Å². The Balaban J connectivity index is 2.12. The molecule has 1 fully saturated rings. The number of hydrogen-bond acceptors (Lipinski definition) is 8. The topological polar surface area (TPSA) is 149 Å².